The number of furan rings is 1. The predicted molar refractivity (Wildman–Crippen MR) is 142 cm³/mol. The van der Waals surface area contributed by atoms with Crippen LogP contribution in [-0.2, 0) is 0 Å². The maximum atomic E-state index is 6.46. The molecule has 4 aromatic rings. The normalized spacial score (nSPS) is 17.6. The van der Waals surface area contributed by atoms with E-state index in [4.69, 9.17) is 21.4 Å². The van der Waals surface area contributed by atoms with Gasteiger partial charge in [0.1, 0.15) is 23.3 Å². The molecule has 1 aliphatic heterocycles. The van der Waals surface area contributed by atoms with Gasteiger partial charge in [0, 0.05) is 21.9 Å². The van der Waals surface area contributed by atoms with Crippen molar-refractivity contribution in [2.24, 2.45) is 0 Å². The number of rotatable bonds is 6. The molecule has 2 atom stereocenters. The number of thiocarbonyl (C=S) groups is 1. The van der Waals surface area contributed by atoms with Gasteiger partial charge in [-0.25, -0.2) is 0 Å². The Kier molecular flexibility index (Phi) is 6.39. The molecular weight excluding hydrogens is 510 g/mol. The van der Waals surface area contributed by atoms with Crippen LogP contribution in [-0.4, -0.2) is 16.7 Å². The fraction of sp³-hybridized carbons (Fsp3) is 0.185. The third-order valence-electron chi connectivity index (χ3n) is 5.83. The van der Waals surface area contributed by atoms with Crippen molar-refractivity contribution in [1.29, 1.82) is 0 Å². The summed E-state index contributed by atoms with van der Waals surface area (Å²) in [6, 6.07) is 23.8. The fourth-order valence-electron chi connectivity index (χ4n) is 4.27. The molecule has 0 amide bonds. The minimum Gasteiger partial charge on any atom is -0.494 e. The van der Waals surface area contributed by atoms with Crippen LogP contribution < -0.4 is 15.0 Å². The fourth-order valence-corrected chi connectivity index (χ4v) is 5.30. The topological polar surface area (TPSA) is 50.5 Å². The van der Waals surface area contributed by atoms with Crippen LogP contribution in [0, 0.1) is 6.92 Å². The monoisotopic (exact) mass is 533 g/mol. The van der Waals surface area contributed by atoms with E-state index in [1.165, 1.54) is 5.56 Å². The van der Waals surface area contributed by atoms with Crippen LogP contribution in [0.5, 0.6) is 5.75 Å². The first kappa shape index (κ1) is 22.6. The Labute approximate surface area is 212 Å². The number of pyridine rings is 1. The average Bonchev–Trinajstić information content (AvgIpc) is 3.45. The van der Waals surface area contributed by atoms with Gasteiger partial charge in [-0.05, 0) is 92.3 Å². The zero-order chi connectivity index (χ0) is 23.7. The van der Waals surface area contributed by atoms with Gasteiger partial charge < -0.3 is 19.4 Å². The summed E-state index contributed by atoms with van der Waals surface area (Å²) in [4.78, 5) is 6.70. The number of nitrogens with zero attached hydrogens (tertiary/aromatic N) is 2. The highest BCUT2D eigenvalue weighted by molar-refractivity contribution is 9.10. The lowest BCUT2D eigenvalue weighted by Crippen LogP contribution is -2.29. The van der Waals surface area contributed by atoms with Crippen molar-refractivity contribution in [1.82, 2.24) is 10.3 Å². The van der Waals surface area contributed by atoms with Crippen LogP contribution in [0.3, 0.4) is 0 Å². The molecule has 0 radical (unpaired) electrons. The van der Waals surface area contributed by atoms with Gasteiger partial charge in [0.2, 0.25) is 0 Å². The van der Waals surface area contributed by atoms with Crippen LogP contribution >= 0.6 is 28.1 Å². The number of halogens is 1. The van der Waals surface area contributed by atoms with E-state index in [2.05, 4.69) is 56.3 Å². The van der Waals surface area contributed by atoms with E-state index in [9.17, 15) is 0 Å². The molecule has 2 aromatic heterocycles. The Morgan fingerprint density at radius 2 is 1.91 bits per heavy atom. The molecule has 0 bridgehead atoms. The molecule has 0 saturated carbocycles. The Bertz CT molecular complexity index is 1310. The molecule has 7 heteroatoms. The third-order valence-corrected chi connectivity index (χ3v) is 6.80. The minimum atomic E-state index is -0.210. The summed E-state index contributed by atoms with van der Waals surface area (Å²) in [5.41, 5.74) is 4.05. The predicted octanol–water partition coefficient (Wildman–Crippen LogP) is 6.99. The van der Waals surface area contributed by atoms with Gasteiger partial charge in [0.15, 0.2) is 5.11 Å². The molecule has 5 nitrogen and oxygen atoms in total. The second-order valence-electron chi connectivity index (χ2n) is 8.11. The van der Waals surface area contributed by atoms with Crippen molar-refractivity contribution in [2.45, 2.75) is 25.9 Å². The third kappa shape index (κ3) is 4.33. The molecule has 0 aliphatic carbocycles. The summed E-state index contributed by atoms with van der Waals surface area (Å²) in [5.74, 6) is 2.43. The standard InChI is InChI=1S/C27H24BrN3O2S/c1-3-32-19-10-8-18(9-11-19)31-26(25(30-27(31)34)22-6-4-5-15-29-22)24-14-13-23(33-24)20-12-7-17(2)16-21(20)28/h4-16,25-26H,3H2,1-2H3,(H,30,34)/t25-,26+/m0/s1. The van der Waals surface area contributed by atoms with Gasteiger partial charge >= 0.3 is 0 Å². The van der Waals surface area contributed by atoms with Gasteiger partial charge in [0.05, 0.1) is 18.3 Å². The number of aromatic nitrogens is 1. The zero-order valence-corrected chi connectivity index (χ0v) is 21.3. The van der Waals surface area contributed by atoms with E-state index >= 15 is 0 Å². The zero-order valence-electron chi connectivity index (χ0n) is 18.9. The maximum Gasteiger partial charge on any atom is 0.174 e. The van der Waals surface area contributed by atoms with E-state index in [-0.39, 0.29) is 12.1 Å². The molecule has 1 fully saturated rings. The number of ether oxygens (including phenoxy) is 1. The van der Waals surface area contributed by atoms with Crippen molar-refractivity contribution in [3.63, 3.8) is 0 Å². The van der Waals surface area contributed by atoms with Gasteiger partial charge in [0.25, 0.3) is 0 Å². The Hall–Kier alpha value is -3.16. The summed E-state index contributed by atoms with van der Waals surface area (Å²) < 4.78 is 13.1. The Morgan fingerprint density at radius 1 is 1.09 bits per heavy atom. The lowest BCUT2D eigenvalue weighted by atomic mass is 10.0. The van der Waals surface area contributed by atoms with Crippen LogP contribution in [0.2, 0.25) is 0 Å². The molecule has 172 valence electrons. The summed E-state index contributed by atoms with van der Waals surface area (Å²) in [6.45, 7) is 4.67. The molecule has 1 saturated heterocycles. The Morgan fingerprint density at radius 3 is 2.62 bits per heavy atom. The number of aryl methyl sites for hydroxylation is 1. The molecule has 2 aromatic carbocycles. The lowest BCUT2D eigenvalue weighted by Gasteiger charge is -2.26. The molecule has 1 aliphatic rings. The van der Waals surface area contributed by atoms with Gasteiger partial charge in [-0.15, -0.1) is 0 Å². The minimum absolute atomic E-state index is 0.166. The van der Waals surface area contributed by atoms with Crippen LogP contribution in [0.25, 0.3) is 11.3 Å². The number of nitrogens with one attached hydrogen (secondary N) is 1. The second kappa shape index (κ2) is 9.60. The smallest absolute Gasteiger partial charge is 0.174 e. The van der Waals surface area contributed by atoms with Gasteiger partial charge in [-0.1, -0.05) is 28.1 Å². The highest BCUT2D eigenvalue weighted by atomic mass is 79.9. The van der Waals surface area contributed by atoms with E-state index in [1.807, 2.05) is 61.5 Å². The lowest BCUT2D eigenvalue weighted by molar-refractivity contribution is 0.340. The number of benzene rings is 2. The first-order valence-electron chi connectivity index (χ1n) is 11.1. The highest BCUT2D eigenvalue weighted by Gasteiger charge is 2.42. The van der Waals surface area contributed by atoms with Crippen molar-refractivity contribution < 1.29 is 9.15 Å². The molecule has 0 spiro atoms. The van der Waals surface area contributed by atoms with Gasteiger partial charge in [-0.3, -0.25) is 4.98 Å². The molecule has 5 rings (SSSR count). The maximum absolute atomic E-state index is 6.46. The number of anilines is 1. The van der Waals surface area contributed by atoms with Crippen LogP contribution in [0.15, 0.2) is 87.9 Å². The number of hydrogen-bond acceptors (Lipinski definition) is 4. The summed E-state index contributed by atoms with van der Waals surface area (Å²) in [6.07, 6.45) is 1.80. The SMILES string of the molecule is CCOc1ccc(N2C(=S)N[C@@H](c3ccccn3)[C@H]2c2ccc(-c3ccc(C)cc3Br)o2)cc1. The summed E-state index contributed by atoms with van der Waals surface area (Å²) in [5, 5.41) is 4.09. The summed E-state index contributed by atoms with van der Waals surface area (Å²) in [7, 11) is 0. The van der Waals surface area contributed by atoms with E-state index in [1.54, 1.807) is 6.20 Å². The van der Waals surface area contributed by atoms with Crippen molar-refractivity contribution in [3.8, 4) is 17.1 Å². The second-order valence-corrected chi connectivity index (χ2v) is 9.35. The van der Waals surface area contributed by atoms with Crippen LogP contribution in [0.1, 0.15) is 36.0 Å². The van der Waals surface area contributed by atoms with E-state index in [0.717, 1.165) is 38.7 Å². The van der Waals surface area contributed by atoms with E-state index in [0.29, 0.717) is 11.7 Å². The van der Waals surface area contributed by atoms with E-state index < -0.39 is 0 Å². The average molecular weight is 534 g/mol. The first-order chi connectivity index (χ1) is 16.5. The Balaban J connectivity index is 1.57. The molecule has 34 heavy (non-hydrogen) atoms. The van der Waals surface area contributed by atoms with Crippen molar-refractivity contribution >= 4 is 38.9 Å². The first-order valence-corrected chi connectivity index (χ1v) is 12.3. The van der Waals surface area contributed by atoms with Crippen LogP contribution in [0.4, 0.5) is 5.69 Å². The molecule has 0 unspecified atom stereocenters. The quantitative estimate of drug-likeness (QED) is 0.269. The van der Waals surface area contributed by atoms with Gasteiger partial charge in [-0.2, -0.15) is 0 Å². The summed E-state index contributed by atoms with van der Waals surface area (Å²) >= 11 is 9.48. The molecule has 3 heterocycles. The number of hydrogen-bond donors (Lipinski definition) is 1. The molecule has 1 N–H and O–H groups in total. The molecular formula is C27H24BrN3O2S. The largest absolute Gasteiger partial charge is 0.494 e. The van der Waals surface area contributed by atoms with Crippen molar-refractivity contribution in [3.05, 3.63) is 100 Å². The van der Waals surface area contributed by atoms with Crippen molar-refractivity contribution in [2.75, 3.05) is 11.5 Å². The highest BCUT2D eigenvalue weighted by Crippen LogP contribution is 2.43.